The van der Waals surface area contributed by atoms with Crippen molar-refractivity contribution in [1.82, 2.24) is 5.32 Å². The molecule has 2 aromatic rings. The molecule has 2 fully saturated rings. The second-order valence-corrected chi connectivity index (χ2v) is 9.63. The highest BCUT2D eigenvalue weighted by atomic mass is 19.1. The number of nitrogens with one attached hydrogen (secondary N) is 2. The van der Waals surface area contributed by atoms with Crippen LogP contribution in [0.15, 0.2) is 48.5 Å². The summed E-state index contributed by atoms with van der Waals surface area (Å²) in [6, 6.07) is 15.3. The number of rotatable bonds is 6. The van der Waals surface area contributed by atoms with Gasteiger partial charge in [0, 0.05) is 43.2 Å². The predicted molar refractivity (Wildman–Crippen MR) is 127 cm³/mol. The monoisotopic (exact) mass is 439 g/mol. The summed E-state index contributed by atoms with van der Waals surface area (Å²) in [5, 5.41) is 6.76. The quantitative estimate of drug-likeness (QED) is 0.695. The number of halogens is 1. The molecule has 0 spiro atoms. The molecule has 0 bridgehead atoms. The summed E-state index contributed by atoms with van der Waals surface area (Å²) in [5.74, 6) is -0.471. The highest BCUT2D eigenvalue weighted by Crippen LogP contribution is 2.26. The zero-order chi connectivity index (χ0) is 22.6. The van der Waals surface area contributed by atoms with E-state index < -0.39 is 0 Å². The standard InChI is InChI=1S/C26H34FN3O2/c1-26(2)18-23(12-15-32-26)28-22-10-13-30(14-11-22)24-8-6-21(7-9-24)29-25(31)17-19-4-3-5-20(27)16-19/h3-9,16,22-23,28H,10-15,17-18H2,1-2H3,(H,29,31). The lowest BCUT2D eigenvalue weighted by Gasteiger charge is -2.40. The zero-order valence-electron chi connectivity index (χ0n) is 19.1. The summed E-state index contributed by atoms with van der Waals surface area (Å²) in [4.78, 5) is 14.7. The number of amides is 1. The number of benzene rings is 2. The second-order valence-electron chi connectivity index (χ2n) is 9.63. The molecule has 2 N–H and O–H groups in total. The Kier molecular flexibility index (Phi) is 7.11. The van der Waals surface area contributed by atoms with Gasteiger partial charge in [0.05, 0.1) is 12.0 Å². The summed E-state index contributed by atoms with van der Waals surface area (Å²) in [7, 11) is 0. The zero-order valence-corrected chi connectivity index (χ0v) is 19.1. The van der Waals surface area contributed by atoms with Crippen LogP contribution in [0.25, 0.3) is 0 Å². The van der Waals surface area contributed by atoms with Crippen molar-refractivity contribution in [3.05, 3.63) is 59.9 Å². The molecular weight excluding hydrogens is 405 g/mol. The molecule has 4 rings (SSSR count). The minimum atomic E-state index is -0.324. The lowest BCUT2D eigenvalue weighted by atomic mass is 9.92. The lowest BCUT2D eigenvalue weighted by Crippen LogP contribution is -2.50. The first-order valence-electron chi connectivity index (χ1n) is 11.7. The molecule has 1 atom stereocenters. The number of carbonyl (C=O) groups excluding carboxylic acids is 1. The molecule has 2 aliphatic rings. The maximum atomic E-state index is 13.3. The van der Waals surface area contributed by atoms with Crippen molar-refractivity contribution in [1.29, 1.82) is 0 Å². The van der Waals surface area contributed by atoms with Crippen molar-refractivity contribution in [2.24, 2.45) is 0 Å². The van der Waals surface area contributed by atoms with Gasteiger partial charge in [-0.2, -0.15) is 0 Å². The van der Waals surface area contributed by atoms with E-state index >= 15 is 0 Å². The Balaban J connectivity index is 1.23. The van der Waals surface area contributed by atoms with Crippen LogP contribution in [0.5, 0.6) is 0 Å². The molecule has 0 saturated carbocycles. The molecule has 1 amide bonds. The van der Waals surface area contributed by atoms with Gasteiger partial charge < -0.3 is 20.3 Å². The topological polar surface area (TPSA) is 53.6 Å². The minimum absolute atomic E-state index is 0.0227. The van der Waals surface area contributed by atoms with E-state index in [1.807, 2.05) is 12.1 Å². The van der Waals surface area contributed by atoms with Crippen molar-refractivity contribution in [2.75, 3.05) is 29.9 Å². The number of nitrogens with zero attached hydrogens (tertiary/aromatic N) is 1. The van der Waals surface area contributed by atoms with Crippen molar-refractivity contribution < 1.29 is 13.9 Å². The summed E-state index contributed by atoms with van der Waals surface area (Å²) >= 11 is 0. The molecule has 0 aromatic heterocycles. The van der Waals surface area contributed by atoms with E-state index in [9.17, 15) is 9.18 Å². The van der Waals surface area contributed by atoms with E-state index in [0.29, 0.717) is 17.6 Å². The van der Waals surface area contributed by atoms with E-state index in [1.54, 1.807) is 12.1 Å². The molecule has 5 nitrogen and oxygen atoms in total. The number of carbonyl (C=O) groups is 1. The fourth-order valence-electron chi connectivity index (χ4n) is 4.80. The van der Waals surface area contributed by atoms with E-state index in [-0.39, 0.29) is 23.7 Å². The summed E-state index contributed by atoms with van der Waals surface area (Å²) < 4.78 is 19.1. The van der Waals surface area contributed by atoms with Crippen molar-refractivity contribution in [3.8, 4) is 0 Å². The lowest BCUT2D eigenvalue weighted by molar-refractivity contribution is -0.115. The van der Waals surface area contributed by atoms with Crippen LogP contribution < -0.4 is 15.5 Å². The van der Waals surface area contributed by atoms with Gasteiger partial charge in [0.15, 0.2) is 0 Å². The number of hydrogen-bond acceptors (Lipinski definition) is 4. The normalized spacial score (nSPS) is 21.3. The molecule has 172 valence electrons. The summed E-state index contributed by atoms with van der Waals surface area (Å²) in [6.45, 7) is 7.24. The van der Waals surface area contributed by atoms with Gasteiger partial charge in [-0.15, -0.1) is 0 Å². The Labute approximate surface area is 190 Å². The molecule has 2 saturated heterocycles. The fourth-order valence-corrected chi connectivity index (χ4v) is 4.80. The summed E-state index contributed by atoms with van der Waals surface area (Å²) in [6.07, 6.45) is 4.58. The first-order valence-corrected chi connectivity index (χ1v) is 11.7. The van der Waals surface area contributed by atoms with Gasteiger partial charge in [0.1, 0.15) is 5.82 Å². The first-order chi connectivity index (χ1) is 15.4. The van der Waals surface area contributed by atoms with Crippen LogP contribution in [0.1, 0.15) is 45.1 Å². The molecule has 0 aliphatic carbocycles. The Morgan fingerprint density at radius 3 is 2.53 bits per heavy atom. The Bertz CT molecular complexity index is 908. The largest absolute Gasteiger partial charge is 0.375 e. The Morgan fingerprint density at radius 2 is 1.84 bits per heavy atom. The fraction of sp³-hybridized carbons (Fsp3) is 0.500. The van der Waals surface area contributed by atoms with Gasteiger partial charge in [-0.05, 0) is 81.5 Å². The van der Waals surface area contributed by atoms with E-state index in [0.717, 1.165) is 51.1 Å². The molecule has 2 heterocycles. The molecule has 1 unspecified atom stereocenters. The maximum absolute atomic E-state index is 13.3. The van der Waals surface area contributed by atoms with Gasteiger partial charge in [0.25, 0.3) is 0 Å². The van der Waals surface area contributed by atoms with Gasteiger partial charge in [-0.3, -0.25) is 4.79 Å². The van der Waals surface area contributed by atoms with Crippen LogP contribution in [-0.4, -0.2) is 43.3 Å². The molecule has 6 heteroatoms. The van der Waals surface area contributed by atoms with Crippen LogP contribution >= 0.6 is 0 Å². The Hall–Kier alpha value is -2.44. The van der Waals surface area contributed by atoms with E-state index in [4.69, 9.17) is 4.74 Å². The van der Waals surface area contributed by atoms with Gasteiger partial charge in [0.2, 0.25) is 5.91 Å². The Morgan fingerprint density at radius 1 is 1.09 bits per heavy atom. The average Bonchev–Trinajstić information content (AvgIpc) is 2.74. The van der Waals surface area contributed by atoms with Crippen molar-refractivity contribution >= 4 is 17.3 Å². The van der Waals surface area contributed by atoms with Crippen LogP contribution in [0.2, 0.25) is 0 Å². The van der Waals surface area contributed by atoms with Gasteiger partial charge in [-0.25, -0.2) is 4.39 Å². The third kappa shape index (κ3) is 6.30. The SMILES string of the molecule is CC1(C)CC(NC2CCN(c3ccc(NC(=O)Cc4cccc(F)c4)cc3)CC2)CCO1. The highest BCUT2D eigenvalue weighted by Gasteiger charge is 2.30. The van der Waals surface area contributed by atoms with Gasteiger partial charge in [-0.1, -0.05) is 12.1 Å². The molecule has 0 radical (unpaired) electrons. The average molecular weight is 440 g/mol. The number of ether oxygens (including phenoxy) is 1. The van der Waals surface area contributed by atoms with E-state index in [1.165, 1.54) is 17.8 Å². The maximum Gasteiger partial charge on any atom is 0.228 e. The molecule has 2 aliphatic heterocycles. The smallest absolute Gasteiger partial charge is 0.228 e. The summed E-state index contributed by atoms with van der Waals surface area (Å²) in [5.41, 5.74) is 2.58. The number of piperidine rings is 1. The predicted octanol–water partition coefficient (Wildman–Crippen LogP) is 4.52. The number of hydrogen-bond donors (Lipinski definition) is 2. The van der Waals surface area contributed by atoms with Crippen LogP contribution in [0, 0.1) is 5.82 Å². The van der Waals surface area contributed by atoms with Crippen LogP contribution in [0.4, 0.5) is 15.8 Å². The van der Waals surface area contributed by atoms with Gasteiger partial charge >= 0.3 is 0 Å². The van der Waals surface area contributed by atoms with Crippen molar-refractivity contribution in [2.45, 2.75) is 63.6 Å². The molecular formula is C26H34FN3O2. The third-order valence-corrected chi connectivity index (χ3v) is 6.43. The molecule has 2 aromatic carbocycles. The second kappa shape index (κ2) is 10.0. The number of anilines is 2. The van der Waals surface area contributed by atoms with E-state index in [2.05, 4.69) is 41.5 Å². The third-order valence-electron chi connectivity index (χ3n) is 6.43. The van der Waals surface area contributed by atoms with Crippen molar-refractivity contribution in [3.63, 3.8) is 0 Å². The first kappa shape index (κ1) is 22.7. The highest BCUT2D eigenvalue weighted by molar-refractivity contribution is 5.92. The van der Waals surface area contributed by atoms with Crippen LogP contribution in [-0.2, 0) is 16.0 Å². The molecule has 32 heavy (non-hydrogen) atoms. The minimum Gasteiger partial charge on any atom is -0.375 e. The van der Waals surface area contributed by atoms with Crippen LogP contribution in [0.3, 0.4) is 0 Å².